The number of piperazine rings is 1. The van der Waals surface area contributed by atoms with Crippen molar-refractivity contribution >= 4 is 34.8 Å². The highest BCUT2D eigenvalue weighted by Gasteiger charge is 2.18. The van der Waals surface area contributed by atoms with Crippen molar-refractivity contribution in [1.82, 2.24) is 10.2 Å². The average molecular weight is 435 g/mol. The summed E-state index contributed by atoms with van der Waals surface area (Å²) < 4.78 is 18.3. The van der Waals surface area contributed by atoms with Gasteiger partial charge in [-0.3, -0.25) is 14.5 Å². The highest BCUT2D eigenvalue weighted by Crippen LogP contribution is 2.21. The minimum absolute atomic E-state index is 0.123. The van der Waals surface area contributed by atoms with Crippen LogP contribution in [0.1, 0.15) is 0 Å². The first kappa shape index (κ1) is 21.9. The van der Waals surface area contributed by atoms with Crippen molar-refractivity contribution < 1.29 is 18.7 Å². The lowest BCUT2D eigenvalue weighted by atomic mass is 10.2. The van der Waals surface area contributed by atoms with Crippen molar-refractivity contribution in [3.63, 3.8) is 0 Å². The molecule has 1 heterocycles. The molecule has 0 aliphatic carbocycles. The number of halogens is 2. The SMILES string of the molecule is COc1ccc(N2CCN(CCNC(=O)C(=O)Nc3ccc(F)c(Cl)c3)CC2)cc1. The number of benzene rings is 2. The van der Waals surface area contributed by atoms with Crippen LogP contribution >= 0.6 is 11.6 Å². The van der Waals surface area contributed by atoms with Crippen LogP contribution in [0.15, 0.2) is 42.5 Å². The third kappa shape index (κ3) is 5.84. The summed E-state index contributed by atoms with van der Waals surface area (Å²) in [5, 5.41) is 4.88. The molecule has 1 aliphatic rings. The number of methoxy groups -OCH3 is 1. The van der Waals surface area contributed by atoms with Crippen LogP contribution in [0.5, 0.6) is 5.75 Å². The van der Waals surface area contributed by atoms with Crippen LogP contribution in [0.2, 0.25) is 5.02 Å². The number of carbonyl (C=O) groups is 2. The second-order valence-electron chi connectivity index (χ2n) is 6.87. The molecule has 0 saturated carbocycles. The minimum atomic E-state index is -0.818. The smallest absolute Gasteiger partial charge is 0.313 e. The second-order valence-corrected chi connectivity index (χ2v) is 7.27. The number of carbonyl (C=O) groups excluding carboxylic acids is 2. The molecule has 0 aromatic heterocycles. The van der Waals surface area contributed by atoms with E-state index in [-0.39, 0.29) is 10.7 Å². The Kier molecular flexibility index (Phi) is 7.48. The molecule has 160 valence electrons. The van der Waals surface area contributed by atoms with E-state index in [1.54, 1.807) is 7.11 Å². The van der Waals surface area contributed by atoms with E-state index in [0.717, 1.165) is 43.7 Å². The maximum atomic E-state index is 13.2. The first-order valence-electron chi connectivity index (χ1n) is 9.62. The van der Waals surface area contributed by atoms with Gasteiger partial charge in [0.1, 0.15) is 11.6 Å². The van der Waals surface area contributed by atoms with Gasteiger partial charge >= 0.3 is 11.8 Å². The van der Waals surface area contributed by atoms with Crippen LogP contribution in [-0.4, -0.2) is 63.1 Å². The van der Waals surface area contributed by atoms with E-state index in [4.69, 9.17) is 16.3 Å². The van der Waals surface area contributed by atoms with E-state index < -0.39 is 17.6 Å². The number of amides is 2. The molecule has 1 fully saturated rings. The van der Waals surface area contributed by atoms with Crippen molar-refractivity contribution in [2.75, 3.05) is 56.6 Å². The van der Waals surface area contributed by atoms with Gasteiger partial charge in [0.2, 0.25) is 0 Å². The topological polar surface area (TPSA) is 73.9 Å². The number of nitrogens with zero attached hydrogens (tertiary/aromatic N) is 2. The van der Waals surface area contributed by atoms with Gasteiger partial charge in [-0.15, -0.1) is 0 Å². The van der Waals surface area contributed by atoms with Gasteiger partial charge in [0, 0.05) is 50.6 Å². The van der Waals surface area contributed by atoms with E-state index in [1.807, 2.05) is 24.3 Å². The molecule has 1 aliphatic heterocycles. The molecule has 0 spiro atoms. The Morgan fingerprint density at radius 1 is 1.07 bits per heavy atom. The van der Waals surface area contributed by atoms with Crippen LogP contribution in [-0.2, 0) is 9.59 Å². The molecule has 2 aromatic carbocycles. The minimum Gasteiger partial charge on any atom is -0.497 e. The predicted octanol–water partition coefficient (Wildman–Crippen LogP) is 2.36. The van der Waals surface area contributed by atoms with Crippen molar-refractivity contribution in [3.05, 3.63) is 53.3 Å². The van der Waals surface area contributed by atoms with Gasteiger partial charge in [-0.25, -0.2) is 4.39 Å². The number of anilines is 2. The van der Waals surface area contributed by atoms with Crippen LogP contribution in [0.4, 0.5) is 15.8 Å². The van der Waals surface area contributed by atoms with E-state index in [2.05, 4.69) is 20.4 Å². The van der Waals surface area contributed by atoms with Gasteiger partial charge in [-0.05, 0) is 42.5 Å². The Morgan fingerprint density at radius 2 is 1.77 bits per heavy atom. The molecule has 0 unspecified atom stereocenters. The molecule has 9 heteroatoms. The molecule has 0 radical (unpaired) electrons. The summed E-state index contributed by atoms with van der Waals surface area (Å²) in [6, 6.07) is 11.7. The quantitative estimate of drug-likeness (QED) is 0.683. The fourth-order valence-electron chi connectivity index (χ4n) is 3.19. The maximum absolute atomic E-state index is 13.2. The summed E-state index contributed by atoms with van der Waals surface area (Å²) in [6.07, 6.45) is 0. The zero-order valence-electron chi connectivity index (χ0n) is 16.7. The summed E-state index contributed by atoms with van der Waals surface area (Å²) in [5.41, 5.74) is 1.41. The predicted molar refractivity (Wildman–Crippen MR) is 115 cm³/mol. The van der Waals surface area contributed by atoms with Gasteiger partial charge in [0.15, 0.2) is 0 Å². The van der Waals surface area contributed by atoms with Crippen molar-refractivity contribution in [2.24, 2.45) is 0 Å². The highest BCUT2D eigenvalue weighted by atomic mass is 35.5. The molecule has 2 aromatic rings. The normalized spacial score (nSPS) is 14.3. The Bertz CT molecular complexity index is 886. The van der Waals surface area contributed by atoms with Crippen LogP contribution in [0.3, 0.4) is 0 Å². The van der Waals surface area contributed by atoms with Gasteiger partial charge in [0.25, 0.3) is 0 Å². The van der Waals surface area contributed by atoms with Gasteiger partial charge < -0.3 is 20.3 Å². The summed E-state index contributed by atoms with van der Waals surface area (Å²) in [5.74, 6) is -1.32. The van der Waals surface area contributed by atoms with E-state index in [0.29, 0.717) is 13.1 Å². The van der Waals surface area contributed by atoms with Crippen molar-refractivity contribution in [3.8, 4) is 5.75 Å². The number of nitrogens with one attached hydrogen (secondary N) is 2. The Hall–Kier alpha value is -2.84. The first-order valence-corrected chi connectivity index (χ1v) is 9.99. The zero-order valence-corrected chi connectivity index (χ0v) is 17.4. The Labute approximate surface area is 179 Å². The van der Waals surface area contributed by atoms with Crippen LogP contribution in [0, 0.1) is 5.82 Å². The standard InChI is InChI=1S/C21H24ClFN4O3/c1-30-17-5-3-16(4-6-17)27-12-10-26(11-13-27)9-8-24-20(28)21(29)25-15-2-7-19(23)18(22)14-15/h2-7,14H,8-13H2,1H3,(H,24,28)(H,25,29). The molecule has 30 heavy (non-hydrogen) atoms. The molecular weight excluding hydrogens is 411 g/mol. The first-order chi connectivity index (χ1) is 14.5. The molecule has 7 nitrogen and oxygen atoms in total. The third-order valence-electron chi connectivity index (χ3n) is 4.91. The summed E-state index contributed by atoms with van der Waals surface area (Å²) in [7, 11) is 1.65. The molecule has 2 amide bonds. The average Bonchev–Trinajstić information content (AvgIpc) is 2.77. The zero-order chi connectivity index (χ0) is 21.5. The summed E-state index contributed by atoms with van der Waals surface area (Å²) in [4.78, 5) is 28.4. The lowest BCUT2D eigenvalue weighted by Crippen LogP contribution is -2.49. The van der Waals surface area contributed by atoms with Crippen molar-refractivity contribution in [1.29, 1.82) is 0 Å². The lowest BCUT2D eigenvalue weighted by molar-refractivity contribution is -0.136. The van der Waals surface area contributed by atoms with Gasteiger partial charge in [-0.2, -0.15) is 0 Å². The molecule has 0 atom stereocenters. The highest BCUT2D eigenvalue weighted by molar-refractivity contribution is 6.39. The largest absolute Gasteiger partial charge is 0.497 e. The van der Waals surface area contributed by atoms with Crippen LogP contribution < -0.4 is 20.3 Å². The fourth-order valence-corrected chi connectivity index (χ4v) is 3.37. The fraction of sp³-hybridized carbons (Fsp3) is 0.333. The number of rotatable bonds is 6. The third-order valence-corrected chi connectivity index (χ3v) is 5.20. The van der Waals surface area contributed by atoms with E-state index >= 15 is 0 Å². The lowest BCUT2D eigenvalue weighted by Gasteiger charge is -2.36. The Balaban J connectivity index is 1.37. The molecule has 1 saturated heterocycles. The maximum Gasteiger partial charge on any atom is 0.313 e. The molecular formula is C21H24ClFN4O3. The summed E-state index contributed by atoms with van der Waals surface area (Å²) >= 11 is 5.67. The molecule has 0 bridgehead atoms. The number of hydrogen-bond acceptors (Lipinski definition) is 5. The number of hydrogen-bond donors (Lipinski definition) is 2. The molecule has 3 rings (SSSR count). The van der Waals surface area contributed by atoms with Crippen molar-refractivity contribution in [2.45, 2.75) is 0 Å². The van der Waals surface area contributed by atoms with Gasteiger partial charge in [-0.1, -0.05) is 11.6 Å². The Morgan fingerprint density at radius 3 is 2.40 bits per heavy atom. The second kappa shape index (κ2) is 10.3. The van der Waals surface area contributed by atoms with Gasteiger partial charge in [0.05, 0.1) is 12.1 Å². The molecule has 2 N–H and O–H groups in total. The van der Waals surface area contributed by atoms with E-state index in [9.17, 15) is 14.0 Å². The summed E-state index contributed by atoms with van der Waals surface area (Å²) in [6.45, 7) is 4.50. The van der Waals surface area contributed by atoms with Crippen LogP contribution in [0.25, 0.3) is 0 Å². The van der Waals surface area contributed by atoms with E-state index in [1.165, 1.54) is 12.1 Å². The monoisotopic (exact) mass is 434 g/mol. The number of ether oxygens (including phenoxy) is 1.